The minimum absolute atomic E-state index is 1.26. The second-order valence-corrected chi connectivity index (χ2v) is 6.19. The van der Waals surface area contributed by atoms with E-state index in [0.717, 1.165) is 0 Å². The number of alkyl halides is 18. The van der Waals surface area contributed by atoms with E-state index < -0.39 is 73.9 Å². The van der Waals surface area contributed by atoms with Crippen molar-refractivity contribution in [2.75, 3.05) is 0 Å². The van der Waals surface area contributed by atoms with Crippen LogP contribution in [0.15, 0.2) is 0 Å². The van der Waals surface area contributed by atoms with Gasteiger partial charge in [0.1, 0.15) is 0 Å². The Kier molecular flexibility index (Phi) is 7.32. The molecule has 0 spiro atoms. The maximum atomic E-state index is 14.0. The molecule has 0 heterocycles. The lowest BCUT2D eigenvalue weighted by Crippen LogP contribution is -2.75. The van der Waals surface area contributed by atoms with E-state index in [9.17, 15) is 79.0 Å². The van der Waals surface area contributed by atoms with E-state index in [4.69, 9.17) is 0 Å². The van der Waals surface area contributed by atoms with Crippen LogP contribution in [0.5, 0.6) is 0 Å². The van der Waals surface area contributed by atoms with Crippen LogP contribution in [-0.2, 0) is 4.74 Å². The molecule has 0 aromatic rings. The van der Waals surface area contributed by atoms with Gasteiger partial charge in [-0.05, 0) is 13.8 Å². The summed E-state index contributed by atoms with van der Waals surface area (Å²) in [6.45, 7) is -2.52. The minimum atomic E-state index is -8.02. The lowest BCUT2D eigenvalue weighted by Gasteiger charge is -2.46. The number of hydrogen-bond acceptors (Lipinski definition) is 1. The lowest BCUT2D eigenvalue weighted by molar-refractivity contribution is -0.518. The van der Waals surface area contributed by atoms with Gasteiger partial charge in [-0.1, -0.05) is 0 Å². The van der Waals surface area contributed by atoms with Crippen molar-refractivity contribution >= 4 is 0 Å². The van der Waals surface area contributed by atoms with Gasteiger partial charge in [0.15, 0.2) is 0 Å². The Hall–Kier alpha value is -1.30. The molecule has 0 amide bonds. The van der Waals surface area contributed by atoms with E-state index in [-0.39, 0.29) is 0 Å². The Bertz CT molecular complexity index is 578. The molecule has 0 saturated heterocycles. The molecule has 0 fully saturated rings. The standard InChI is InChI=1S/C12H8F18O/c1-5(17,3(13)14)7(19,20)9(23,11(25,26)27)31-10(24,12(28,29)30)8(21,22)6(2,18)4(15)16/h3-4H,1-2H3. The van der Waals surface area contributed by atoms with Crippen molar-refractivity contribution in [3.05, 3.63) is 0 Å². The summed E-state index contributed by atoms with van der Waals surface area (Å²) in [5, 5.41) is 0. The van der Waals surface area contributed by atoms with Gasteiger partial charge in [0.2, 0.25) is 11.3 Å². The van der Waals surface area contributed by atoms with E-state index in [1.54, 1.807) is 0 Å². The molecule has 4 atom stereocenters. The molecular weight excluding hydrogens is 502 g/mol. The van der Waals surface area contributed by atoms with Crippen molar-refractivity contribution in [1.82, 2.24) is 0 Å². The Morgan fingerprint density at radius 1 is 0.452 bits per heavy atom. The molecule has 0 bridgehead atoms. The Labute approximate surface area is 159 Å². The molecule has 0 rings (SSSR count). The van der Waals surface area contributed by atoms with Crippen LogP contribution in [0.1, 0.15) is 13.8 Å². The zero-order valence-electron chi connectivity index (χ0n) is 14.4. The monoisotopic (exact) mass is 510 g/mol. The average Bonchev–Trinajstić information content (AvgIpc) is 2.51. The summed E-state index contributed by atoms with van der Waals surface area (Å²) < 4.78 is 237. The molecule has 0 aliphatic heterocycles. The second-order valence-electron chi connectivity index (χ2n) is 6.19. The van der Waals surface area contributed by atoms with Crippen molar-refractivity contribution in [2.24, 2.45) is 0 Å². The Morgan fingerprint density at radius 3 is 0.774 bits per heavy atom. The maximum Gasteiger partial charge on any atom is 0.455 e. The van der Waals surface area contributed by atoms with Crippen LogP contribution in [0, 0.1) is 0 Å². The Morgan fingerprint density at radius 2 is 0.645 bits per heavy atom. The van der Waals surface area contributed by atoms with E-state index >= 15 is 0 Å². The molecule has 31 heavy (non-hydrogen) atoms. The fourth-order valence-electron chi connectivity index (χ4n) is 1.70. The highest BCUT2D eigenvalue weighted by atomic mass is 19.4. The van der Waals surface area contributed by atoms with Crippen molar-refractivity contribution in [1.29, 1.82) is 0 Å². The van der Waals surface area contributed by atoms with Gasteiger partial charge in [-0.3, -0.25) is 4.74 Å². The van der Waals surface area contributed by atoms with Crippen molar-refractivity contribution < 1.29 is 83.8 Å². The molecule has 0 N–H and O–H groups in total. The van der Waals surface area contributed by atoms with Gasteiger partial charge in [0, 0.05) is 0 Å². The molecular formula is C12H8F18O. The third-order valence-corrected chi connectivity index (χ3v) is 3.87. The first-order valence-electron chi connectivity index (χ1n) is 7.00. The third kappa shape index (κ3) is 4.09. The summed E-state index contributed by atoms with van der Waals surface area (Å²) in [6.07, 6.45) is -26.6. The topological polar surface area (TPSA) is 9.23 Å². The third-order valence-electron chi connectivity index (χ3n) is 3.87. The van der Waals surface area contributed by atoms with Crippen molar-refractivity contribution in [3.8, 4) is 0 Å². The number of hydrogen-bond donors (Lipinski definition) is 0. The van der Waals surface area contributed by atoms with E-state index in [1.807, 2.05) is 0 Å². The van der Waals surface area contributed by atoms with Crippen LogP contribution in [0.4, 0.5) is 79.0 Å². The second kappa shape index (κ2) is 7.64. The summed E-state index contributed by atoms with van der Waals surface area (Å²) in [5.74, 6) is -31.3. The normalized spacial score (nSPS) is 22.6. The van der Waals surface area contributed by atoms with Crippen LogP contribution in [-0.4, -0.2) is 60.1 Å². The van der Waals surface area contributed by atoms with Gasteiger partial charge in [-0.2, -0.15) is 52.7 Å². The predicted molar refractivity (Wildman–Crippen MR) is 61.8 cm³/mol. The molecule has 0 aromatic carbocycles. The van der Waals surface area contributed by atoms with E-state index in [0.29, 0.717) is 0 Å². The van der Waals surface area contributed by atoms with Crippen LogP contribution < -0.4 is 0 Å². The van der Waals surface area contributed by atoms with Crippen LogP contribution in [0.2, 0.25) is 0 Å². The molecule has 188 valence electrons. The molecule has 0 radical (unpaired) electrons. The van der Waals surface area contributed by atoms with Gasteiger partial charge in [-0.15, -0.1) is 0 Å². The number of ether oxygens (including phenoxy) is 1. The van der Waals surface area contributed by atoms with Gasteiger partial charge in [0.05, 0.1) is 0 Å². The van der Waals surface area contributed by atoms with Crippen molar-refractivity contribution in [3.63, 3.8) is 0 Å². The quantitative estimate of drug-likeness (QED) is 0.330. The summed E-state index contributed by atoms with van der Waals surface area (Å²) in [7, 11) is 0. The number of rotatable bonds is 8. The van der Waals surface area contributed by atoms with Gasteiger partial charge in [-0.25, -0.2) is 26.3 Å². The highest BCUT2D eigenvalue weighted by molar-refractivity contribution is 5.11. The first kappa shape index (κ1) is 29.7. The zero-order valence-corrected chi connectivity index (χ0v) is 14.4. The summed E-state index contributed by atoms with van der Waals surface area (Å²) in [6, 6.07) is 0. The average molecular weight is 510 g/mol. The predicted octanol–water partition coefficient (Wildman–Crippen LogP) is 6.72. The maximum absolute atomic E-state index is 14.0. The van der Waals surface area contributed by atoms with Crippen LogP contribution >= 0.6 is 0 Å². The molecule has 0 aliphatic rings. The molecule has 19 heteroatoms. The lowest BCUT2D eigenvalue weighted by atomic mass is 9.90. The highest BCUT2D eigenvalue weighted by Gasteiger charge is 2.89. The SMILES string of the molecule is CC(F)(C(F)F)C(F)(F)C(F)(OC(F)(C(F)(F)F)C(F)(F)C(C)(F)C(F)F)C(F)(F)F. The minimum Gasteiger partial charge on any atom is -0.284 e. The fraction of sp³-hybridized carbons (Fsp3) is 1.00. The molecule has 0 aromatic heterocycles. The first-order valence-corrected chi connectivity index (χ1v) is 7.00. The summed E-state index contributed by atoms with van der Waals surface area (Å²) in [5.41, 5.74) is -12.4. The van der Waals surface area contributed by atoms with Crippen LogP contribution in [0.3, 0.4) is 0 Å². The molecule has 0 aliphatic carbocycles. The summed E-state index contributed by atoms with van der Waals surface area (Å²) >= 11 is 0. The largest absolute Gasteiger partial charge is 0.455 e. The van der Waals surface area contributed by atoms with Gasteiger partial charge in [0.25, 0.3) is 12.9 Å². The van der Waals surface area contributed by atoms with Gasteiger partial charge < -0.3 is 0 Å². The van der Waals surface area contributed by atoms with Crippen molar-refractivity contribution in [2.45, 2.75) is 73.9 Å². The molecule has 0 saturated carbocycles. The van der Waals surface area contributed by atoms with Crippen LogP contribution in [0.25, 0.3) is 0 Å². The molecule has 4 unspecified atom stereocenters. The molecule has 1 nitrogen and oxygen atoms in total. The zero-order chi connectivity index (χ0) is 25.9. The smallest absolute Gasteiger partial charge is 0.284 e. The van der Waals surface area contributed by atoms with E-state index in [2.05, 4.69) is 0 Å². The number of halogens is 18. The highest BCUT2D eigenvalue weighted by Crippen LogP contribution is 2.61. The van der Waals surface area contributed by atoms with Gasteiger partial charge >= 0.3 is 35.9 Å². The fourth-order valence-corrected chi connectivity index (χ4v) is 1.70. The summed E-state index contributed by atoms with van der Waals surface area (Å²) in [4.78, 5) is 0. The van der Waals surface area contributed by atoms with E-state index in [1.165, 1.54) is 4.74 Å². The first-order chi connectivity index (χ1) is 13.1. The Balaban J connectivity index is 7.22.